The number of aromatic nitrogens is 1. The molecule has 0 unspecified atom stereocenters. The summed E-state index contributed by atoms with van der Waals surface area (Å²) in [7, 11) is 0. The van der Waals surface area contributed by atoms with E-state index in [1.165, 1.54) is 10.9 Å². The van der Waals surface area contributed by atoms with Crippen LogP contribution in [0.25, 0.3) is 10.9 Å². The Balaban J connectivity index is 2.41. The average Bonchev–Trinajstić information content (AvgIpc) is 2.17. The standard InChI is InChI=1S/C12H14N2/c1-9(13)7-10-4-5-11-3-2-6-14-12(11)8-10/h2-6,8-9H,7,13H2,1H3/t9-/m0/s1. The second-order valence-corrected chi connectivity index (χ2v) is 3.71. The van der Waals surface area contributed by atoms with Gasteiger partial charge in [-0.25, -0.2) is 0 Å². The van der Waals surface area contributed by atoms with Crippen molar-refractivity contribution in [3.63, 3.8) is 0 Å². The monoisotopic (exact) mass is 186 g/mol. The molecule has 0 aliphatic heterocycles. The summed E-state index contributed by atoms with van der Waals surface area (Å²) in [6.07, 6.45) is 2.73. The summed E-state index contributed by atoms with van der Waals surface area (Å²) in [5, 5.41) is 1.18. The van der Waals surface area contributed by atoms with Crippen LogP contribution in [0.4, 0.5) is 0 Å². The highest BCUT2D eigenvalue weighted by atomic mass is 14.6. The number of fused-ring (bicyclic) bond motifs is 1. The van der Waals surface area contributed by atoms with Gasteiger partial charge < -0.3 is 5.73 Å². The number of benzene rings is 1. The van der Waals surface area contributed by atoms with Crippen LogP contribution >= 0.6 is 0 Å². The molecule has 0 amide bonds. The molecule has 1 atom stereocenters. The van der Waals surface area contributed by atoms with Crippen LogP contribution in [0.1, 0.15) is 12.5 Å². The first-order chi connectivity index (χ1) is 6.75. The van der Waals surface area contributed by atoms with Gasteiger partial charge in [0.1, 0.15) is 0 Å². The molecule has 0 aliphatic rings. The molecule has 14 heavy (non-hydrogen) atoms. The first kappa shape index (κ1) is 9.16. The van der Waals surface area contributed by atoms with E-state index >= 15 is 0 Å². The molecule has 0 saturated heterocycles. The largest absolute Gasteiger partial charge is 0.328 e. The fourth-order valence-electron chi connectivity index (χ4n) is 1.61. The molecule has 2 aromatic rings. The molecule has 0 spiro atoms. The fourth-order valence-corrected chi connectivity index (χ4v) is 1.61. The van der Waals surface area contributed by atoms with E-state index in [1.54, 1.807) is 0 Å². The second kappa shape index (κ2) is 3.76. The minimum absolute atomic E-state index is 0.205. The molecule has 1 aromatic heterocycles. The summed E-state index contributed by atoms with van der Waals surface area (Å²) in [4.78, 5) is 4.31. The summed E-state index contributed by atoms with van der Waals surface area (Å²) in [5.74, 6) is 0. The Hall–Kier alpha value is -1.41. The molecular formula is C12H14N2. The van der Waals surface area contributed by atoms with Gasteiger partial charge >= 0.3 is 0 Å². The quantitative estimate of drug-likeness (QED) is 0.780. The number of rotatable bonds is 2. The maximum atomic E-state index is 5.75. The highest BCUT2D eigenvalue weighted by molar-refractivity contribution is 5.78. The number of hydrogen-bond donors (Lipinski definition) is 1. The third kappa shape index (κ3) is 1.91. The lowest BCUT2D eigenvalue weighted by Crippen LogP contribution is -2.17. The van der Waals surface area contributed by atoms with Crippen molar-refractivity contribution in [3.8, 4) is 0 Å². The molecule has 2 rings (SSSR count). The van der Waals surface area contributed by atoms with Crippen LogP contribution in [0.5, 0.6) is 0 Å². The van der Waals surface area contributed by atoms with E-state index in [4.69, 9.17) is 5.73 Å². The van der Waals surface area contributed by atoms with Gasteiger partial charge in [0.25, 0.3) is 0 Å². The van der Waals surface area contributed by atoms with Crippen LogP contribution in [0.2, 0.25) is 0 Å². The van der Waals surface area contributed by atoms with Crippen molar-refractivity contribution in [2.24, 2.45) is 5.73 Å². The van der Waals surface area contributed by atoms with Gasteiger partial charge in [-0.1, -0.05) is 18.2 Å². The summed E-state index contributed by atoms with van der Waals surface area (Å²) >= 11 is 0. The Bertz CT molecular complexity index is 435. The molecule has 0 radical (unpaired) electrons. The molecule has 2 nitrogen and oxygen atoms in total. The van der Waals surface area contributed by atoms with Crippen molar-refractivity contribution in [3.05, 3.63) is 42.1 Å². The smallest absolute Gasteiger partial charge is 0.0704 e. The van der Waals surface area contributed by atoms with Crippen LogP contribution in [-0.4, -0.2) is 11.0 Å². The molecule has 2 heteroatoms. The van der Waals surface area contributed by atoms with Crippen LogP contribution < -0.4 is 5.73 Å². The predicted molar refractivity (Wildman–Crippen MR) is 59.1 cm³/mol. The van der Waals surface area contributed by atoms with Gasteiger partial charge in [-0.15, -0.1) is 0 Å². The van der Waals surface area contributed by atoms with Crippen LogP contribution in [0, 0.1) is 0 Å². The third-order valence-electron chi connectivity index (χ3n) is 2.23. The molecule has 0 aliphatic carbocycles. The topological polar surface area (TPSA) is 38.9 Å². The van der Waals surface area contributed by atoms with E-state index in [1.807, 2.05) is 19.2 Å². The first-order valence-corrected chi connectivity index (χ1v) is 4.85. The van der Waals surface area contributed by atoms with Gasteiger partial charge in [-0.3, -0.25) is 4.98 Å². The van der Waals surface area contributed by atoms with Gasteiger partial charge in [0, 0.05) is 17.6 Å². The van der Waals surface area contributed by atoms with Crippen molar-refractivity contribution in [1.29, 1.82) is 0 Å². The molecule has 0 fully saturated rings. The molecule has 1 heterocycles. The molecular weight excluding hydrogens is 172 g/mol. The molecule has 72 valence electrons. The Morgan fingerprint density at radius 3 is 3.00 bits per heavy atom. The summed E-state index contributed by atoms with van der Waals surface area (Å²) in [5.41, 5.74) is 8.05. The highest BCUT2D eigenvalue weighted by Gasteiger charge is 1.99. The highest BCUT2D eigenvalue weighted by Crippen LogP contribution is 2.13. The molecule has 1 aromatic carbocycles. The first-order valence-electron chi connectivity index (χ1n) is 4.85. The van der Waals surface area contributed by atoms with Gasteiger partial charge in [0.15, 0.2) is 0 Å². The van der Waals surface area contributed by atoms with Crippen LogP contribution in [-0.2, 0) is 6.42 Å². The number of nitrogens with two attached hydrogens (primary N) is 1. The van der Waals surface area contributed by atoms with E-state index in [2.05, 4.69) is 29.2 Å². The Morgan fingerprint density at radius 1 is 1.36 bits per heavy atom. The lowest BCUT2D eigenvalue weighted by molar-refractivity contribution is 0.738. The Kier molecular flexibility index (Phi) is 2.46. The Morgan fingerprint density at radius 2 is 2.21 bits per heavy atom. The Labute approximate surface area is 83.8 Å². The number of nitrogens with zero attached hydrogens (tertiary/aromatic N) is 1. The third-order valence-corrected chi connectivity index (χ3v) is 2.23. The average molecular weight is 186 g/mol. The lowest BCUT2D eigenvalue weighted by Gasteiger charge is -2.05. The summed E-state index contributed by atoms with van der Waals surface area (Å²) < 4.78 is 0. The van der Waals surface area contributed by atoms with Gasteiger partial charge in [0.05, 0.1) is 5.52 Å². The van der Waals surface area contributed by atoms with Crippen LogP contribution in [0.15, 0.2) is 36.5 Å². The lowest BCUT2D eigenvalue weighted by atomic mass is 10.1. The van der Waals surface area contributed by atoms with E-state index in [-0.39, 0.29) is 6.04 Å². The summed E-state index contributed by atoms with van der Waals surface area (Å²) in [6, 6.07) is 10.5. The van der Waals surface area contributed by atoms with E-state index in [0.717, 1.165) is 11.9 Å². The van der Waals surface area contributed by atoms with E-state index < -0.39 is 0 Å². The maximum absolute atomic E-state index is 5.75. The zero-order valence-corrected chi connectivity index (χ0v) is 8.27. The minimum atomic E-state index is 0.205. The van der Waals surface area contributed by atoms with Crippen molar-refractivity contribution in [2.75, 3.05) is 0 Å². The van der Waals surface area contributed by atoms with E-state index in [9.17, 15) is 0 Å². The zero-order chi connectivity index (χ0) is 9.97. The minimum Gasteiger partial charge on any atom is -0.328 e. The van der Waals surface area contributed by atoms with Gasteiger partial charge in [0.2, 0.25) is 0 Å². The van der Waals surface area contributed by atoms with Gasteiger partial charge in [-0.05, 0) is 31.0 Å². The van der Waals surface area contributed by atoms with Gasteiger partial charge in [-0.2, -0.15) is 0 Å². The molecule has 0 bridgehead atoms. The summed E-state index contributed by atoms with van der Waals surface area (Å²) in [6.45, 7) is 2.02. The van der Waals surface area contributed by atoms with E-state index in [0.29, 0.717) is 0 Å². The maximum Gasteiger partial charge on any atom is 0.0704 e. The van der Waals surface area contributed by atoms with Crippen molar-refractivity contribution >= 4 is 10.9 Å². The zero-order valence-electron chi connectivity index (χ0n) is 8.27. The molecule has 2 N–H and O–H groups in total. The number of pyridine rings is 1. The van der Waals surface area contributed by atoms with Crippen molar-refractivity contribution < 1.29 is 0 Å². The molecule has 0 saturated carbocycles. The van der Waals surface area contributed by atoms with Crippen molar-refractivity contribution in [2.45, 2.75) is 19.4 Å². The number of hydrogen-bond acceptors (Lipinski definition) is 2. The van der Waals surface area contributed by atoms with Crippen molar-refractivity contribution in [1.82, 2.24) is 4.98 Å². The predicted octanol–water partition coefficient (Wildman–Crippen LogP) is 2.12. The second-order valence-electron chi connectivity index (χ2n) is 3.71. The van der Waals surface area contributed by atoms with Crippen LogP contribution in [0.3, 0.4) is 0 Å². The normalized spacial score (nSPS) is 13.0. The fraction of sp³-hybridized carbons (Fsp3) is 0.250. The SMILES string of the molecule is C[C@H](N)Cc1ccc2cccnc2c1.